The van der Waals surface area contributed by atoms with Crippen molar-refractivity contribution in [2.45, 2.75) is 39.2 Å². The van der Waals surface area contributed by atoms with Crippen LogP contribution in [0.1, 0.15) is 49.3 Å². The summed E-state index contributed by atoms with van der Waals surface area (Å²) in [6.07, 6.45) is 0. The van der Waals surface area contributed by atoms with Gasteiger partial charge in [0.15, 0.2) is 0 Å². The highest BCUT2D eigenvalue weighted by atomic mass is 16.5. The first-order chi connectivity index (χ1) is 10.1. The maximum Gasteiger partial charge on any atom is 0.123 e. The number of rotatable bonds is 6. The first kappa shape index (κ1) is 15.6. The Morgan fingerprint density at radius 1 is 0.952 bits per heavy atom. The van der Waals surface area contributed by atoms with Gasteiger partial charge in [0.2, 0.25) is 0 Å². The van der Waals surface area contributed by atoms with Gasteiger partial charge in [-0.05, 0) is 41.1 Å². The average molecular weight is 283 g/mol. The molecule has 0 aliphatic heterocycles. The fraction of sp³-hybridized carbons (Fsp3) is 0.368. The van der Waals surface area contributed by atoms with E-state index in [0.29, 0.717) is 25.0 Å². The Hall–Kier alpha value is -1.80. The summed E-state index contributed by atoms with van der Waals surface area (Å²) in [5, 5.41) is 0. The molecule has 0 aromatic heterocycles. The van der Waals surface area contributed by atoms with Gasteiger partial charge < -0.3 is 10.5 Å². The fourth-order valence-electron chi connectivity index (χ4n) is 2.33. The van der Waals surface area contributed by atoms with Gasteiger partial charge in [-0.15, -0.1) is 0 Å². The third-order valence-electron chi connectivity index (χ3n) is 3.84. The van der Waals surface area contributed by atoms with Crippen molar-refractivity contribution in [3.63, 3.8) is 0 Å². The Morgan fingerprint density at radius 3 is 2.24 bits per heavy atom. The molecule has 2 aromatic carbocycles. The zero-order valence-corrected chi connectivity index (χ0v) is 13.2. The molecule has 0 aliphatic rings. The van der Waals surface area contributed by atoms with Gasteiger partial charge in [0.25, 0.3) is 0 Å². The predicted molar refractivity (Wildman–Crippen MR) is 88.8 cm³/mol. The topological polar surface area (TPSA) is 35.2 Å². The molecular formula is C19H25NO. The van der Waals surface area contributed by atoms with Crippen molar-refractivity contribution in [2.75, 3.05) is 6.54 Å². The molecule has 0 saturated heterocycles. The third kappa shape index (κ3) is 4.08. The Morgan fingerprint density at radius 2 is 1.62 bits per heavy atom. The van der Waals surface area contributed by atoms with Crippen LogP contribution in [0.3, 0.4) is 0 Å². The first-order valence-electron chi connectivity index (χ1n) is 7.62. The van der Waals surface area contributed by atoms with Crippen LogP contribution in [-0.4, -0.2) is 6.54 Å². The van der Waals surface area contributed by atoms with E-state index in [-0.39, 0.29) is 0 Å². The van der Waals surface area contributed by atoms with Gasteiger partial charge in [0.05, 0.1) is 0 Å². The molecule has 1 unspecified atom stereocenters. The SMILES string of the molecule is CC(C)c1ccccc1OCc1ccc(C(C)CN)cc1. The van der Waals surface area contributed by atoms with Crippen molar-refractivity contribution in [1.82, 2.24) is 0 Å². The van der Waals surface area contributed by atoms with E-state index in [2.05, 4.69) is 57.2 Å². The van der Waals surface area contributed by atoms with Crippen LogP contribution in [-0.2, 0) is 6.61 Å². The first-order valence-corrected chi connectivity index (χ1v) is 7.62. The molecule has 2 heteroatoms. The Balaban J connectivity index is 2.03. The molecule has 0 radical (unpaired) electrons. The van der Waals surface area contributed by atoms with E-state index in [0.717, 1.165) is 5.75 Å². The number of benzene rings is 2. The molecular weight excluding hydrogens is 258 g/mol. The molecule has 0 aliphatic carbocycles. The van der Waals surface area contributed by atoms with Crippen LogP contribution in [0.15, 0.2) is 48.5 Å². The minimum absolute atomic E-state index is 0.404. The predicted octanol–water partition coefficient (Wildman–Crippen LogP) is 4.45. The fourth-order valence-corrected chi connectivity index (χ4v) is 2.33. The largest absolute Gasteiger partial charge is 0.489 e. The van der Waals surface area contributed by atoms with Crippen molar-refractivity contribution in [3.8, 4) is 5.75 Å². The van der Waals surface area contributed by atoms with Crippen LogP contribution in [0.25, 0.3) is 0 Å². The van der Waals surface area contributed by atoms with E-state index in [4.69, 9.17) is 10.5 Å². The summed E-state index contributed by atoms with van der Waals surface area (Å²) >= 11 is 0. The van der Waals surface area contributed by atoms with Crippen LogP contribution >= 0.6 is 0 Å². The average Bonchev–Trinajstić information content (AvgIpc) is 2.52. The second kappa shape index (κ2) is 7.28. The summed E-state index contributed by atoms with van der Waals surface area (Å²) in [4.78, 5) is 0. The maximum atomic E-state index is 5.99. The molecule has 0 saturated carbocycles. The molecule has 21 heavy (non-hydrogen) atoms. The van der Waals surface area contributed by atoms with Crippen LogP contribution in [0.4, 0.5) is 0 Å². The van der Waals surface area contributed by atoms with Gasteiger partial charge in [-0.3, -0.25) is 0 Å². The van der Waals surface area contributed by atoms with Crippen molar-refractivity contribution >= 4 is 0 Å². The van der Waals surface area contributed by atoms with Crippen molar-refractivity contribution in [1.29, 1.82) is 0 Å². The van der Waals surface area contributed by atoms with Crippen LogP contribution in [0.5, 0.6) is 5.75 Å². The van der Waals surface area contributed by atoms with Crippen molar-refractivity contribution < 1.29 is 4.74 Å². The van der Waals surface area contributed by atoms with Crippen LogP contribution < -0.4 is 10.5 Å². The van der Waals surface area contributed by atoms with Gasteiger partial charge in [-0.2, -0.15) is 0 Å². The number of ether oxygens (including phenoxy) is 1. The van der Waals surface area contributed by atoms with Gasteiger partial charge in [-0.1, -0.05) is 63.2 Å². The summed E-state index contributed by atoms with van der Waals surface area (Å²) in [7, 11) is 0. The lowest BCUT2D eigenvalue weighted by molar-refractivity contribution is 0.302. The molecule has 0 fully saturated rings. The molecule has 1 atom stereocenters. The van der Waals surface area contributed by atoms with E-state index in [1.165, 1.54) is 16.7 Å². The van der Waals surface area contributed by atoms with E-state index < -0.39 is 0 Å². The summed E-state index contributed by atoms with van der Waals surface area (Å²) in [5.41, 5.74) is 9.42. The second-order valence-corrected chi connectivity index (χ2v) is 5.86. The zero-order valence-electron chi connectivity index (χ0n) is 13.2. The monoisotopic (exact) mass is 283 g/mol. The Kier molecular flexibility index (Phi) is 5.40. The van der Waals surface area contributed by atoms with Gasteiger partial charge >= 0.3 is 0 Å². The summed E-state index contributed by atoms with van der Waals surface area (Å²) in [6, 6.07) is 16.8. The summed E-state index contributed by atoms with van der Waals surface area (Å²) < 4.78 is 5.99. The highest BCUT2D eigenvalue weighted by Gasteiger charge is 2.07. The lowest BCUT2D eigenvalue weighted by atomic mass is 10.0. The highest BCUT2D eigenvalue weighted by molar-refractivity contribution is 5.36. The van der Waals surface area contributed by atoms with Crippen LogP contribution in [0, 0.1) is 0 Å². The number of para-hydroxylation sites is 1. The third-order valence-corrected chi connectivity index (χ3v) is 3.84. The second-order valence-electron chi connectivity index (χ2n) is 5.86. The zero-order chi connectivity index (χ0) is 15.2. The van der Waals surface area contributed by atoms with Gasteiger partial charge in [0.1, 0.15) is 12.4 Å². The lowest BCUT2D eigenvalue weighted by Gasteiger charge is -2.14. The quantitative estimate of drug-likeness (QED) is 0.850. The Labute approximate surface area is 127 Å². The van der Waals surface area contributed by atoms with E-state index >= 15 is 0 Å². The smallest absolute Gasteiger partial charge is 0.123 e. The molecule has 0 heterocycles. The normalized spacial score (nSPS) is 12.4. The summed E-state index contributed by atoms with van der Waals surface area (Å²) in [6.45, 7) is 7.79. The summed E-state index contributed by atoms with van der Waals surface area (Å²) in [5.74, 6) is 1.85. The molecule has 0 spiro atoms. The van der Waals surface area contributed by atoms with E-state index in [1.54, 1.807) is 0 Å². The highest BCUT2D eigenvalue weighted by Crippen LogP contribution is 2.26. The lowest BCUT2D eigenvalue weighted by Crippen LogP contribution is -2.08. The minimum atomic E-state index is 0.404. The maximum absolute atomic E-state index is 5.99. The van der Waals surface area contributed by atoms with E-state index in [9.17, 15) is 0 Å². The van der Waals surface area contributed by atoms with Crippen LogP contribution in [0.2, 0.25) is 0 Å². The van der Waals surface area contributed by atoms with Gasteiger partial charge in [0, 0.05) is 0 Å². The van der Waals surface area contributed by atoms with Crippen molar-refractivity contribution in [3.05, 3.63) is 65.2 Å². The van der Waals surface area contributed by atoms with E-state index in [1.807, 2.05) is 12.1 Å². The molecule has 2 rings (SSSR count). The number of nitrogens with two attached hydrogens (primary N) is 1. The Bertz CT molecular complexity index is 560. The molecule has 112 valence electrons. The molecule has 0 amide bonds. The molecule has 2 nitrogen and oxygen atoms in total. The molecule has 0 bridgehead atoms. The minimum Gasteiger partial charge on any atom is -0.489 e. The standard InChI is InChI=1S/C19H25NO/c1-14(2)18-6-4-5-7-19(18)21-13-16-8-10-17(11-9-16)15(3)12-20/h4-11,14-15H,12-13,20H2,1-3H3. The van der Waals surface area contributed by atoms with Gasteiger partial charge in [-0.25, -0.2) is 0 Å². The molecule has 2 aromatic rings. The number of hydrogen-bond donors (Lipinski definition) is 1. The molecule has 2 N–H and O–H groups in total. The number of hydrogen-bond acceptors (Lipinski definition) is 2. The van der Waals surface area contributed by atoms with Crippen molar-refractivity contribution in [2.24, 2.45) is 5.73 Å².